The third-order valence-electron chi connectivity index (χ3n) is 5.24. The van der Waals surface area contributed by atoms with Crippen molar-refractivity contribution >= 4 is 17.2 Å². The van der Waals surface area contributed by atoms with Gasteiger partial charge in [-0.15, -0.1) is 11.3 Å². The maximum atomic E-state index is 12.9. The van der Waals surface area contributed by atoms with E-state index in [9.17, 15) is 18.0 Å². The second-order valence-corrected chi connectivity index (χ2v) is 8.42. The number of nitrogens with zero attached hydrogens (tertiary/aromatic N) is 5. The van der Waals surface area contributed by atoms with E-state index >= 15 is 0 Å². The number of rotatable bonds is 4. The highest BCUT2D eigenvalue weighted by molar-refractivity contribution is 7.13. The molecule has 3 heterocycles. The number of benzene rings is 1. The lowest BCUT2D eigenvalue weighted by atomic mass is 10.1. The van der Waals surface area contributed by atoms with Gasteiger partial charge in [0.15, 0.2) is 0 Å². The van der Waals surface area contributed by atoms with Crippen LogP contribution < -0.4 is 0 Å². The molecule has 0 spiro atoms. The molecule has 0 radical (unpaired) electrons. The summed E-state index contributed by atoms with van der Waals surface area (Å²) >= 11 is 1.42. The van der Waals surface area contributed by atoms with Crippen molar-refractivity contribution in [2.75, 3.05) is 26.2 Å². The first kappa shape index (κ1) is 21.5. The van der Waals surface area contributed by atoms with Gasteiger partial charge in [-0.05, 0) is 24.1 Å². The van der Waals surface area contributed by atoms with Crippen LogP contribution in [0.1, 0.15) is 28.0 Å². The highest BCUT2D eigenvalue weighted by Gasteiger charge is 2.30. The van der Waals surface area contributed by atoms with Crippen LogP contribution in [-0.4, -0.2) is 56.7 Å². The summed E-state index contributed by atoms with van der Waals surface area (Å²) in [6.45, 7) is 3.18. The van der Waals surface area contributed by atoms with Crippen molar-refractivity contribution in [3.63, 3.8) is 0 Å². The van der Waals surface area contributed by atoms with E-state index in [2.05, 4.69) is 15.0 Å². The Labute approximate surface area is 181 Å². The number of carbonyl (C=O) groups excluding carboxylic acids is 1. The van der Waals surface area contributed by atoms with Crippen LogP contribution in [0.3, 0.4) is 0 Å². The Morgan fingerprint density at radius 1 is 1.13 bits per heavy atom. The molecule has 0 saturated carbocycles. The van der Waals surface area contributed by atoms with Gasteiger partial charge in [-0.1, -0.05) is 12.1 Å². The van der Waals surface area contributed by atoms with E-state index in [0.29, 0.717) is 31.9 Å². The summed E-state index contributed by atoms with van der Waals surface area (Å²) in [5, 5.41) is 6.67. The van der Waals surface area contributed by atoms with Gasteiger partial charge in [0.2, 0.25) is 0 Å². The fourth-order valence-electron chi connectivity index (χ4n) is 3.59. The minimum atomic E-state index is -4.32. The molecule has 1 saturated heterocycles. The maximum absolute atomic E-state index is 12.9. The van der Waals surface area contributed by atoms with Crippen LogP contribution in [0.2, 0.25) is 0 Å². The second-order valence-electron chi connectivity index (χ2n) is 7.56. The molecule has 31 heavy (non-hydrogen) atoms. The molecule has 164 valence electrons. The molecule has 1 amide bonds. The lowest BCUT2D eigenvalue weighted by Crippen LogP contribution is -2.35. The molecule has 0 atom stereocenters. The van der Waals surface area contributed by atoms with E-state index in [1.807, 2.05) is 13.2 Å². The third kappa shape index (κ3) is 5.13. The summed E-state index contributed by atoms with van der Waals surface area (Å²) in [5.41, 5.74) is 1.50. The second kappa shape index (κ2) is 8.80. The highest BCUT2D eigenvalue weighted by atomic mass is 32.1. The average molecular weight is 450 g/mol. The molecule has 1 aromatic carbocycles. The van der Waals surface area contributed by atoms with E-state index in [0.717, 1.165) is 41.2 Å². The topological polar surface area (TPSA) is 54.3 Å². The van der Waals surface area contributed by atoms with E-state index in [4.69, 9.17) is 0 Å². The zero-order chi connectivity index (χ0) is 22.0. The van der Waals surface area contributed by atoms with Crippen molar-refractivity contribution in [1.29, 1.82) is 0 Å². The summed E-state index contributed by atoms with van der Waals surface area (Å²) in [6.07, 6.45) is 0.0524. The van der Waals surface area contributed by atoms with Crippen LogP contribution in [-0.2, 0) is 19.8 Å². The van der Waals surface area contributed by atoms with E-state index in [1.165, 1.54) is 23.5 Å². The fraction of sp³-hybridized carbons (Fsp3) is 0.381. The number of thiazole rings is 1. The van der Waals surface area contributed by atoms with Gasteiger partial charge in [-0.2, -0.15) is 18.3 Å². The number of alkyl halides is 3. The van der Waals surface area contributed by atoms with Crippen molar-refractivity contribution < 1.29 is 18.0 Å². The first-order valence-corrected chi connectivity index (χ1v) is 10.8. The van der Waals surface area contributed by atoms with Crippen LogP contribution >= 0.6 is 11.3 Å². The molecule has 6 nitrogen and oxygen atoms in total. The molecule has 10 heteroatoms. The minimum Gasteiger partial charge on any atom is -0.336 e. The highest BCUT2D eigenvalue weighted by Crippen LogP contribution is 2.29. The summed E-state index contributed by atoms with van der Waals surface area (Å²) in [5.74, 6) is -0.0947. The standard InChI is InChI=1S/C21H22F3N5OS/c1-27-13-16(11-25-27)19-26-18(14-31-19)20(30)29-8-2-7-28(9-10-29)12-15-3-5-17(6-4-15)21(22,23)24/h3-6,11,13-14H,2,7-10,12H2,1H3. The summed E-state index contributed by atoms with van der Waals surface area (Å²) < 4.78 is 39.9. The SMILES string of the molecule is Cn1cc(-c2nc(C(=O)N3CCCN(Cc4ccc(C(F)(F)F)cc4)CC3)cs2)cn1. The zero-order valence-electron chi connectivity index (χ0n) is 17.0. The van der Waals surface area contributed by atoms with E-state index in [-0.39, 0.29) is 5.91 Å². The quantitative estimate of drug-likeness (QED) is 0.606. The van der Waals surface area contributed by atoms with Crippen LogP contribution in [0.25, 0.3) is 10.6 Å². The first-order chi connectivity index (χ1) is 14.8. The van der Waals surface area contributed by atoms with Crippen LogP contribution in [0.15, 0.2) is 42.0 Å². The molecule has 0 N–H and O–H groups in total. The molecule has 1 aliphatic rings. The van der Waals surface area contributed by atoms with Gasteiger partial charge in [0.25, 0.3) is 5.91 Å². The first-order valence-electron chi connectivity index (χ1n) is 9.92. The van der Waals surface area contributed by atoms with Crippen molar-refractivity contribution in [3.8, 4) is 10.6 Å². The normalized spacial score (nSPS) is 15.8. The summed E-state index contributed by atoms with van der Waals surface area (Å²) in [4.78, 5) is 21.4. The molecule has 0 aliphatic carbocycles. The number of hydrogen-bond donors (Lipinski definition) is 0. The largest absolute Gasteiger partial charge is 0.416 e. The molecule has 2 aromatic heterocycles. The minimum absolute atomic E-state index is 0.0947. The molecular weight excluding hydrogens is 427 g/mol. The van der Waals surface area contributed by atoms with Crippen LogP contribution in [0, 0.1) is 0 Å². The van der Waals surface area contributed by atoms with Crippen molar-refractivity contribution in [2.45, 2.75) is 19.1 Å². The number of halogens is 3. The number of carbonyl (C=O) groups is 1. The molecular formula is C21H22F3N5OS. The van der Waals surface area contributed by atoms with Gasteiger partial charge < -0.3 is 4.90 Å². The number of hydrogen-bond acceptors (Lipinski definition) is 5. The number of amides is 1. The molecule has 3 aromatic rings. The molecule has 1 fully saturated rings. The van der Waals surface area contributed by atoms with E-state index in [1.54, 1.807) is 21.2 Å². The molecule has 0 bridgehead atoms. The Morgan fingerprint density at radius 3 is 2.58 bits per heavy atom. The van der Waals surface area contributed by atoms with E-state index < -0.39 is 11.7 Å². The predicted molar refractivity (Wildman–Crippen MR) is 112 cm³/mol. The zero-order valence-corrected chi connectivity index (χ0v) is 17.8. The van der Waals surface area contributed by atoms with Crippen LogP contribution in [0.4, 0.5) is 13.2 Å². The Balaban J connectivity index is 1.35. The van der Waals surface area contributed by atoms with Crippen LogP contribution in [0.5, 0.6) is 0 Å². The fourth-order valence-corrected chi connectivity index (χ4v) is 4.36. The maximum Gasteiger partial charge on any atom is 0.416 e. The lowest BCUT2D eigenvalue weighted by molar-refractivity contribution is -0.137. The monoisotopic (exact) mass is 449 g/mol. The molecule has 0 unspecified atom stereocenters. The van der Waals surface area contributed by atoms with Gasteiger partial charge in [0, 0.05) is 56.9 Å². The number of aryl methyl sites for hydroxylation is 1. The summed E-state index contributed by atoms with van der Waals surface area (Å²) in [7, 11) is 1.83. The predicted octanol–water partition coefficient (Wildman–Crippen LogP) is 3.91. The lowest BCUT2D eigenvalue weighted by Gasteiger charge is -2.21. The third-order valence-corrected chi connectivity index (χ3v) is 6.13. The van der Waals surface area contributed by atoms with Gasteiger partial charge >= 0.3 is 6.18 Å². The smallest absolute Gasteiger partial charge is 0.336 e. The van der Waals surface area contributed by atoms with Crippen molar-refractivity contribution in [1.82, 2.24) is 24.6 Å². The van der Waals surface area contributed by atoms with Gasteiger partial charge in [-0.3, -0.25) is 14.4 Å². The van der Waals surface area contributed by atoms with Crippen molar-refractivity contribution in [3.05, 3.63) is 58.9 Å². The Bertz CT molecular complexity index is 1040. The molecule has 4 rings (SSSR count). The Hall–Kier alpha value is -2.72. The van der Waals surface area contributed by atoms with Gasteiger partial charge in [0.1, 0.15) is 10.7 Å². The van der Waals surface area contributed by atoms with Crippen molar-refractivity contribution in [2.24, 2.45) is 7.05 Å². The van der Waals surface area contributed by atoms with Gasteiger partial charge in [-0.25, -0.2) is 4.98 Å². The Morgan fingerprint density at radius 2 is 1.90 bits per heavy atom. The van der Waals surface area contributed by atoms with Gasteiger partial charge in [0.05, 0.1) is 11.8 Å². The molecule has 1 aliphatic heterocycles. The number of aromatic nitrogens is 3. The summed E-state index contributed by atoms with van der Waals surface area (Å²) in [6, 6.07) is 5.27. The Kier molecular flexibility index (Phi) is 6.10. The average Bonchev–Trinajstić information content (AvgIpc) is 3.32.